The topological polar surface area (TPSA) is 96.3 Å². The van der Waals surface area contributed by atoms with Crippen molar-refractivity contribution in [1.82, 2.24) is 20.5 Å². The highest BCUT2D eigenvalue weighted by Gasteiger charge is 2.43. The van der Waals surface area contributed by atoms with Gasteiger partial charge < -0.3 is 19.4 Å². The van der Waals surface area contributed by atoms with Gasteiger partial charge in [0.05, 0.1) is 35.5 Å². The number of ether oxygens (including phenoxy) is 1. The molecular weight excluding hydrogens is 378 g/mol. The van der Waals surface area contributed by atoms with E-state index in [1.807, 2.05) is 12.1 Å². The molecule has 5 heterocycles. The SMILES string of the molecule is O=C(NCc1ccn[nH]1)c1cc2c(s1)CCOC21CCN(c2ncco2)CC1. The summed E-state index contributed by atoms with van der Waals surface area (Å²) < 4.78 is 11.7. The third-order valence-electron chi connectivity index (χ3n) is 5.49. The molecule has 1 fully saturated rings. The van der Waals surface area contributed by atoms with Crippen molar-refractivity contribution < 1.29 is 13.9 Å². The summed E-state index contributed by atoms with van der Waals surface area (Å²) in [6, 6.07) is 4.54. The Morgan fingerprint density at radius 2 is 2.25 bits per heavy atom. The zero-order chi connectivity index (χ0) is 19.0. The first-order valence-corrected chi connectivity index (χ1v) is 10.2. The predicted octanol–water partition coefficient (Wildman–Crippen LogP) is 2.46. The first kappa shape index (κ1) is 17.4. The van der Waals surface area contributed by atoms with Gasteiger partial charge >= 0.3 is 0 Å². The van der Waals surface area contributed by atoms with Crippen molar-refractivity contribution in [2.75, 3.05) is 24.6 Å². The molecule has 0 saturated carbocycles. The van der Waals surface area contributed by atoms with E-state index in [1.54, 1.807) is 30.0 Å². The number of rotatable bonds is 4. The highest BCUT2D eigenvalue weighted by Crippen LogP contribution is 2.45. The number of amides is 1. The number of piperidine rings is 1. The van der Waals surface area contributed by atoms with E-state index in [4.69, 9.17) is 9.15 Å². The molecule has 8 nitrogen and oxygen atoms in total. The van der Waals surface area contributed by atoms with Gasteiger partial charge in [0, 0.05) is 30.6 Å². The lowest BCUT2D eigenvalue weighted by Gasteiger charge is -2.43. The van der Waals surface area contributed by atoms with Gasteiger partial charge in [-0.25, -0.2) is 4.98 Å². The number of thiophene rings is 1. The molecule has 9 heteroatoms. The molecule has 0 aliphatic carbocycles. The Morgan fingerprint density at radius 1 is 1.36 bits per heavy atom. The maximum absolute atomic E-state index is 12.6. The minimum absolute atomic E-state index is 0.0543. The number of nitrogens with one attached hydrogen (secondary N) is 2. The predicted molar refractivity (Wildman–Crippen MR) is 103 cm³/mol. The summed E-state index contributed by atoms with van der Waals surface area (Å²) in [5.41, 5.74) is 1.76. The van der Waals surface area contributed by atoms with E-state index >= 15 is 0 Å². The summed E-state index contributed by atoms with van der Waals surface area (Å²) >= 11 is 1.58. The van der Waals surface area contributed by atoms with Crippen molar-refractivity contribution >= 4 is 23.3 Å². The highest BCUT2D eigenvalue weighted by atomic mass is 32.1. The molecule has 3 aromatic rings. The van der Waals surface area contributed by atoms with Crippen LogP contribution >= 0.6 is 11.3 Å². The molecule has 2 N–H and O–H groups in total. The normalized spacial score (nSPS) is 18.2. The molecule has 2 aliphatic heterocycles. The summed E-state index contributed by atoms with van der Waals surface area (Å²) in [4.78, 5) is 21.0. The third kappa shape index (κ3) is 3.10. The van der Waals surface area contributed by atoms with Crippen LogP contribution in [0, 0.1) is 0 Å². The van der Waals surface area contributed by atoms with Gasteiger partial charge in [0.15, 0.2) is 0 Å². The van der Waals surface area contributed by atoms with Crippen LogP contribution in [0.2, 0.25) is 0 Å². The van der Waals surface area contributed by atoms with Gasteiger partial charge in [-0.2, -0.15) is 5.10 Å². The van der Waals surface area contributed by atoms with Crippen molar-refractivity contribution in [3.63, 3.8) is 0 Å². The van der Waals surface area contributed by atoms with Gasteiger partial charge in [-0.3, -0.25) is 9.89 Å². The number of hydrogen-bond donors (Lipinski definition) is 2. The molecule has 2 aliphatic rings. The minimum Gasteiger partial charge on any atom is -0.432 e. The summed E-state index contributed by atoms with van der Waals surface area (Å²) in [7, 11) is 0. The molecule has 146 valence electrons. The van der Waals surface area contributed by atoms with Crippen LogP contribution in [0.5, 0.6) is 0 Å². The van der Waals surface area contributed by atoms with Crippen LogP contribution in [0.25, 0.3) is 0 Å². The quantitative estimate of drug-likeness (QED) is 0.700. The molecule has 0 bridgehead atoms. The van der Waals surface area contributed by atoms with Crippen molar-refractivity contribution in [3.8, 4) is 0 Å². The third-order valence-corrected chi connectivity index (χ3v) is 6.68. The Kier molecular flexibility index (Phi) is 4.40. The summed E-state index contributed by atoms with van der Waals surface area (Å²) in [5, 5.41) is 9.72. The van der Waals surface area contributed by atoms with Crippen molar-refractivity contribution in [3.05, 3.63) is 51.8 Å². The summed E-state index contributed by atoms with van der Waals surface area (Å²) in [5.74, 6) is -0.0543. The number of aromatic amines is 1. The molecule has 0 atom stereocenters. The fraction of sp³-hybridized carbons (Fsp3) is 0.421. The van der Waals surface area contributed by atoms with Crippen LogP contribution in [0.3, 0.4) is 0 Å². The monoisotopic (exact) mass is 399 g/mol. The number of carbonyl (C=O) groups is 1. The molecule has 1 saturated heterocycles. The summed E-state index contributed by atoms with van der Waals surface area (Å²) in [6.07, 6.45) is 7.52. The lowest BCUT2D eigenvalue weighted by molar-refractivity contribution is -0.0760. The van der Waals surface area contributed by atoms with Gasteiger partial charge in [-0.05, 0) is 30.5 Å². The van der Waals surface area contributed by atoms with Gasteiger partial charge in [0.2, 0.25) is 0 Å². The van der Waals surface area contributed by atoms with Gasteiger partial charge in [0.25, 0.3) is 11.9 Å². The summed E-state index contributed by atoms with van der Waals surface area (Å²) in [6.45, 7) is 2.77. The molecule has 3 aromatic heterocycles. The zero-order valence-electron chi connectivity index (χ0n) is 15.3. The van der Waals surface area contributed by atoms with Gasteiger partial charge in [-0.1, -0.05) is 0 Å². The Hall–Kier alpha value is -2.65. The van der Waals surface area contributed by atoms with Crippen LogP contribution in [0.15, 0.2) is 35.2 Å². The molecule has 0 aromatic carbocycles. The lowest BCUT2D eigenvalue weighted by Crippen LogP contribution is -2.46. The first-order chi connectivity index (χ1) is 13.7. The number of fused-ring (bicyclic) bond motifs is 2. The second kappa shape index (κ2) is 7.06. The molecule has 0 unspecified atom stereocenters. The minimum atomic E-state index is -0.310. The van der Waals surface area contributed by atoms with E-state index in [-0.39, 0.29) is 11.5 Å². The number of hydrogen-bond acceptors (Lipinski definition) is 7. The largest absolute Gasteiger partial charge is 0.432 e. The molecule has 0 radical (unpaired) electrons. The maximum Gasteiger partial charge on any atom is 0.297 e. The van der Waals surface area contributed by atoms with E-state index in [0.717, 1.165) is 42.9 Å². The zero-order valence-corrected chi connectivity index (χ0v) is 16.1. The Balaban J connectivity index is 1.32. The van der Waals surface area contributed by atoms with Crippen LogP contribution in [-0.2, 0) is 23.3 Å². The van der Waals surface area contributed by atoms with E-state index in [0.29, 0.717) is 19.2 Å². The second-order valence-electron chi connectivity index (χ2n) is 7.11. The van der Waals surface area contributed by atoms with Crippen molar-refractivity contribution in [2.45, 2.75) is 31.4 Å². The van der Waals surface area contributed by atoms with E-state index in [2.05, 4.69) is 25.4 Å². The van der Waals surface area contributed by atoms with Crippen LogP contribution < -0.4 is 10.2 Å². The number of oxazole rings is 1. The number of H-pyrrole nitrogens is 1. The van der Waals surface area contributed by atoms with Crippen molar-refractivity contribution in [1.29, 1.82) is 0 Å². The second-order valence-corrected chi connectivity index (χ2v) is 8.24. The lowest BCUT2D eigenvalue weighted by atomic mass is 9.82. The molecule has 1 spiro atoms. The van der Waals surface area contributed by atoms with E-state index in [9.17, 15) is 4.79 Å². The van der Waals surface area contributed by atoms with E-state index in [1.165, 1.54) is 10.4 Å². The Bertz CT molecular complexity index is 943. The molecular formula is C19H21N5O3S. The molecule has 5 rings (SSSR count). The van der Waals surface area contributed by atoms with Gasteiger partial charge in [-0.15, -0.1) is 11.3 Å². The van der Waals surface area contributed by atoms with E-state index < -0.39 is 0 Å². The number of carbonyl (C=O) groups excluding carboxylic acids is 1. The Labute approximate surface area is 165 Å². The fourth-order valence-corrected chi connectivity index (χ4v) is 5.17. The van der Waals surface area contributed by atoms with Crippen LogP contribution in [0.4, 0.5) is 6.01 Å². The fourth-order valence-electron chi connectivity index (χ4n) is 4.02. The maximum atomic E-state index is 12.6. The number of aromatic nitrogens is 3. The smallest absolute Gasteiger partial charge is 0.297 e. The standard InChI is InChI=1S/C19H21N5O3S/c25-17(21-12-13-1-5-22-23-13)16-11-14-15(28-16)2-9-27-19(14)3-7-24(8-4-19)18-20-6-10-26-18/h1,5-6,10-11H,2-4,7-9,12H2,(H,21,25)(H,22,23). The van der Waals surface area contributed by atoms with Crippen LogP contribution in [-0.4, -0.2) is 40.8 Å². The number of anilines is 1. The van der Waals surface area contributed by atoms with Crippen molar-refractivity contribution in [2.24, 2.45) is 0 Å². The first-order valence-electron chi connectivity index (χ1n) is 9.42. The molecule has 1 amide bonds. The van der Waals surface area contributed by atoms with Gasteiger partial charge in [0.1, 0.15) is 6.26 Å². The Morgan fingerprint density at radius 3 is 3.00 bits per heavy atom. The highest BCUT2D eigenvalue weighted by molar-refractivity contribution is 7.14. The molecule has 28 heavy (non-hydrogen) atoms. The number of nitrogens with zero attached hydrogens (tertiary/aromatic N) is 3. The average Bonchev–Trinajstić information content (AvgIpc) is 3.48. The average molecular weight is 399 g/mol. The van der Waals surface area contributed by atoms with Crippen LogP contribution in [0.1, 0.15) is 38.6 Å².